The van der Waals surface area contributed by atoms with Gasteiger partial charge in [-0.2, -0.15) is 0 Å². The predicted octanol–water partition coefficient (Wildman–Crippen LogP) is 0.818. The standard InChI is InChI=1S/C8H12BrN2O2/c1-11-5-10-7(12-2)6(4-9)8(11)13-3/h5H,4H2,1-3H3/q+1. The summed E-state index contributed by atoms with van der Waals surface area (Å²) in [4.78, 5) is 4.11. The van der Waals surface area contributed by atoms with Crippen molar-refractivity contribution in [1.82, 2.24) is 4.98 Å². The van der Waals surface area contributed by atoms with Gasteiger partial charge in [-0.05, 0) is 4.98 Å². The second-order valence-electron chi connectivity index (χ2n) is 2.49. The average molecular weight is 248 g/mol. The Labute approximate surface area is 85.6 Å². The van der Waals surface area contributed by atoms with E-state index in [2.05, 4.69) is 20.9 Å². The highest BCUT2D eigenvalue weighted by atomic mass is 79.9. The van der Waals surface area contributed by atoms with Crippen LogP contribution >= 0.6 is 15.9 Å². The van der Waals surface area contributed by atoms with E-state index in [1.54, 1.807) is 25.1 Å². The van der Waals surface area contributed by atoms with Gasteiger partial charge in [-0.25, -0.2) is 4.57 Å². The number of halogens is 1. The first-order chi connectivity index (χ1) is 6.24. The van der Waals surface area contributed by atoms with Gasteiger partial charge in [0.1, 0.15) is 5.56 Å². The maximum absolute atomic E-state index is 5.22. The molecule has 0 fully saturated rings. The number of aryl methyl sites for hydroxylation is 1. The predicted molar refractivity (Wildman–Crippen MR) is 51.1 cm³/mol. The molecule has 0 saturated heterocycles. The van der Waals surface area contributed by atoms with E-state index in [1.165, 1.54) is 0 Å². The summed E-state index contributed by atoms with van der Waals surface area (Å²) in [6, 6.07) is 0. The molecule has 0 amide bonds. The molecule has 1 aromatic rings. The molecule has 0 aliphatic carbocycles. The molecule has 1 rings (SSSR count). The van der Waals surface area contributed by atoms with Crippen LogP contribution in [0.4, 0.5) is 0 Å². The van der Waals surface area contributed by atoms with Crippen molar-refractivity contribution in [2.75, 3.05) is 14.2 Å². The van der Waals surface area contributed by atoms with Gasteiger partial charge in [0.05, 0.1) is 21.3 Å². The molecule has 13 heavy (non-hydrogen) atoms. The summed E-state index contributed by atoms with van der Waals surface area (Å²) in [5.74, 6) is 1.34. The second-order valence-corrected chi connectivity index (χ2v) is 3.05. The molecule has 1 aromatic heterocycles. The summed E-state index contributed by atoms with van der Waals surface area (Å²) < 4.78 is 12.1. The van der Waals surface area contributed by atoms with Crippen molar-refractivity contribution in [1.29, 1.82) is 0 Å². The van der Waals surface area contributed by atoms with Crippen LogP contribution in [0, 0.1) is 0 Å². The Hall–Kier alpha value is -0.840. The lowest BCUT2D eigenvalue weighted by Crippen LogP contribution is -2.32. The maximum atomic E-state index is 5.22. The molecule has 72 valence electrons. The highest BCUT2D eigenvalue weighted by Gasteiger charge is 2.19. The molecule has 5 heteroatoms. The summed E-state index contributed by atoms with van der Waals surface area (Å²) in [7, 11) is 5.09. The molecular formula is C8H12BrN2O2+. The highest BCUT2D eigenvalue weighted by Crippen LogP contribution is 2.24. The normalized spacial score (nSPS) is 9.85. The Morgan fingerprint density at radius 2 is 2.15 bits per heavy atom. The van der Waals surface area contributed by atoms with E-state index >= 15 is 0 Å². The van der Waals surface area contributed by atoms with Crippen LogP contribution < -0.4 is 14.0 Å². The molecule has 1 heterocycles. The van der Waals surface area contributed by atoms with Gasteiger partial charge in [-0.15, -0.1) is 0 Å². The fourth-order valence-electron chi connectivity index (χ4n) is 1.13. The van der Waals surface area contributed by atoms with E-state index in [0.29, 0.717) is 11.2 Å². The third-order valence-electron chi connectivity index (χ3n) is 1.71. The first kappa shape index (κ1) is 10.2. The van der Waals surface area contributed by atoms with Crippen molar-refractivity contribution in [2.45, 2.75) is 5.33 Å². The second kappa shape index (κ2) is 4.41. The lowest BCUT2D eigenvalue weighted by Gasteiger charge is -2.06. The molecule has 0 atom stereocenters. The monoisotopic (exact) mass is 247 g/mol. The zero-order valence-corrected chi connectivity index (χ0v) is 9.46. The molecular weight excluding hydrogens is 236 g/mol. The van der Waals surface area contributed by atoms with Crippen LogP contribution in [0.1, 0.15) is 5.56 Å². The number of hydrogen-bond acceptors (Lipinski definition) is 3. The number of nitrogens with zero attached hydrogens (tertiary/aromatic N) is 2. The summed E-state index contributed by atoms with van der Waals surface area (Å²) in [6.07, 6.45) is 1.66. The van der Waals surface area contributed by atoms with Crippen molar-refractivity contribution in [3.05, 3.63) is 11.9 Å². The zero-order valence-electron chi connectivity index (χ0n) is 7.87. The van der Waals surface area contributed by atoms with Crippen LogP contribution in [0.25, 0.3) is 0 Å². The number of rotatable bonds is 3. The van der Waals surface area contributed by atoms with Gasteiger partial charge < -0.3 is 9.47 Å². The SMILES string of the molecule is COc1nc[n+](C)c(OC)c1CBr. The van der Waals surface area contributed by atoms with Crippen LogP contribution in [0.2, 0.25) is 0 Å². The van der Waals surface area contributed by atoms with Gasteiger partial charge >= 0.3 is 5.88 Å². The molecule has 0 aliphatic heterocycles. The molecule has 0 aliphatic rings. The number of alkyl halides is 1. The Kier molecular flexibility index (Phi) is 3.48. The van der Waals surface area contributed by atoms with E-state index in [1.807, 2.05) is 7.05 Å². The minimum atomic E-state index is 0.590. The summed E-state index contributed by atoms with van der Waals surface area (Å²) >= 11 is 3.36. The first-order valence-corrected chi connectivity index (χ1v) is 4.88. The van der Waals surface area contributed by atoms with Gasteiger partial charge in [-0.3, -0.25) is 0 Å². The molecule has 0 N–H and O–H groups in total. The lowest BCUT2D eigenvalue weighted by molar-refractivity contribution is -0.680. The molecule has 0 aromatic carbocycles. The fraction of sp³-hybridized carbons (Fsp3) is 0.500. The van der Waals surface area contributed by atoms with E-state index < -0.39 is 0 Å². The van der Waals surface area contributed by atoms with Gasteiger partial charge in [0, 0.05) is 5.33 Å². The van der Waals surface area contributed by atoms with Crippen molar-refractivity contribution in [3.63, 3.8) is 0 Å². The van der Waals surface area contributed by atoms with E-state index in [-0.39, 0.29) is 0 Å². The fourth-order valence-corrected chi connectivity index (χ4v) is 1.61. The average Bonchev–Trinajstić information content (AvgIpc) is 2.17. The number of hydrogen-bond donors (Lipinski definition) is 0. The van der Waals surface area contributed by atoms with Crippen molar-refractivity contribution < 1.29 is 14.0 Å². The molecule has 0 radical (unpaired) electrons. The third-order valence-corrected chi connectivity index (χ3v) is 2.27. The lowest BCUT2D eigenvalue weighted by atomic mass is 10.3. The maximum Gasteiger partial charge on any atom is 0.339 e. The molecule has 0 unspecified atom stereocenters. The van der Waals surface area contributed by atoms with Crippen LogP contribution in [-0.4, -0.2) is 19.2 Å². The summed E-state index contributed by atoms with van der Waals surface area (Å²) in [5.41, 5.74) is 0.912. The van der Waals surface area contributed by atoms with Crippen LogP contribution in [0.15, 0.2) is 6.33 Å². The molecule has 0 spiro atoms. The first-order valence-electron chi connectivity index (χ1n) is 3.76. The minimum absolute atomic E-state index is 0.590. The zero-order chi connectivity index (χ0) is 9.84. The van der Waals surface area contributed by atoms with E-state index in [0.717, 1.165) is 11.4 Å². The van der Waals surface area contributed by atoms with Gasteiger partial charge in [0.2, 0.25) is 0 Å². The van der Waals surface area contributed by atoms with Gasteiger partial charge in [-0.1, -0.05) is 15.9 Å². The topological polar surface area (TPSA) is 35.2 Å². The van der Waals surface area contributed by atoms with Crippen LogP contribution in [0.5, 0.6) is 11.8 Å². The Balaban J connectivity index is 3.27. The Morgan fingerprint density at radius 1 is 1.46 bits per heavy atom. The number of methoxy groups -OCH3 is 2. The van der Waals surface area contributed by atoms with Crippen molar-refractivity contribution >= 4 is 15.9 Å². The van der Waals surface area contributed by atoms with Crippen LogP contribution in [0.3, 0.4) is 0 Å². The Morgan fingerprint density at radius 3 is 2.62 bits per heavy atom. The van der Waals surface area contributed by atoms with Gasteiger partial charge in [0.15, 0.2) is 0 Å². The molecule has 4 nitrogen and oxygen atoms in total. The third kappa shape index (κ3) is 1.91. The van der Waals surface area contributed by atoms with E-state index in [9.17, 15) is 0 Å². The minimum Gasteiger partial charge on any atom is -0.465 e. The van der Waals surface area contributed by atoms with Crippen LogP contribution in [-0.2, 0) is 12.4 Å². The van der Waals surface area contributed by atoms with Gasteiger partial charge in [0.25, 0.3) is 12.2 Å². The van der Waals surface area contributed by atoms with Crippen molar-refractivity contribution in [2.24, 2.45) is 7.05 Å². The summed E-state index contributed by atoms with van der Waals surface area (Å²) in [5, 5.41) is 0.654. The smallest absolute Gasteiger partial charge is 0.339 e. The van der Waals surface area contributed by atoms with E-state index in [4.69, 9.17) is 9.47 Å². The largest absolute Gasteiger partial charge is 0.465 e. The quantitative estimate of drug-likeness (QED) is 0.586. The highest BCUT2D eigenvalue weighted by molar-refractivity contribution is 9.08. The van der Waals surface area contributed by atoms with Crippen molar-refractivity contribution in [3.8, 4) is 11.8 Å². The molecule has 0 bridgehead atoms. The molecule has 0 saturated carbocycles. The summed E-state index contributed by atoms with van der Waals surface area (Å²) in [6.45, 7) is 0. The number of aromatic nitrogens is 2. The number of ether oxygens (including phenoxy) is 2. The Bertz CT molecular complexity index is 304.